The van der Waals surface area contributed by atoms with E-state index in [1.165, 1.54) is 18.3 Å². The number of thiazole rings is 1. The quantitative estimate of drug-likeness (QED) is 0.452. The Morgan fingerprint density at radius 1 is 1.00 bits per heavy atom. The third-order valence-electron chi connectivity index (χ3n) is 4.05. The summed E-state index contributed by atoms with van der Waals surface area (Å²) >= 11 is 1.42. The highest BCUT2D eigenvalue weighted by Gasteiger charge is 2.15. The molecule has 3 aromatic heterocycles. The number of amides is 1. The summed E-state index contributed by atoms with van der Waals surface area (Å²) in [5.74, 6) is 0.585. The third-order valence-corrected chi connectivity index (χ3v) is 4.98. The van der Waals surface area contributed by atoms with Gasteiger partial charge in [0, 0.05) is 30.7 Å². The van der Waals surface area contributed by atoms with E-state index in [0.29, 0.717) is 10.9 Å². The highest BCUT2D eigenvalue weighted by atomic mass is 32.1. The van der Waals surface area contributed by atoms with Crippen molar-refractivity contribution in [3.05, 3.63) is 67.0 Å². The summed E-state index contributed by atoms with van der Waals surface area (Å²) in [6.07, 6.45) is 3.47. The topological polar surface area (TPSA) is 106 Å². The number of nitrogen functional groups attached to an aromatic ring is 1. The van der Waals surface area contributed by atoms with E-state index >= 15 is 0 Å². The van der Waals surface area contributed by atoms with Gasteiger partial charge >= 0.3 is 0 Å². The van der Waals surface area contributed by atoms with Crippen LogP contribution in [-0.4, -0.2) is 20.9 Å². The van der Waals surface area contributed by atoms with Gasteiger partial charge in [-0.3, -0.25) is 9.78 Å². The minimum absolute atomic E-state index is 0.104. The van der Waals surface area contributed by atoms with Crippen molar-refractivity contribution in [1.82, 2.24) is 15.0 Å². The molecule has 1 aromatic carbocycles. The van der Waals surface area contributed by atoms with Crippen molar-refractivity contribution >= 4 is 39.6 Å². The first-order valence-electron chi connectivity index (χ1n) is 8.87. The summed E-state index contributed by atoms with van der Waals surface area (Å²) in [5.41, 5.74) is 10.1. The van der Waals surface area contributed by atoms with Crippen LogP contribution in [0.4, 0.5) is 22.3 Å². The number of nitrogens with two attached hydrogens (primary N) is 1. The smallest absolute Gasteiger partial charge is 0.221 e. The SMILES string of the molecule is CC(=O)Nc1ccc(Nc2cc(-c3sc(N)nc3-c3ccccn3)ccn2)cc1. The van der Waals surface area contributed by atoms with Crippen LogP contribution >= 0.6 is 11.3 Å². The number of aromatic nitrogens is 3. The number of pyridine rings is 2. The molecule has 29 heavy (non-hydrogen) atoms. The fourth-order valence-electron chi connectivity index (χ4n) is 2.84. The van der Waals surface area contributed by atoms with Gasteiger partial charge in [0.25, 0.3) is 0 Å². The van der Waals surface area contributed by atoms with Crippen LogP contribution in [0.25, 0.3) is 21.8 Å². The van der Waals surface area contributed by atoms with Crippen molar-refractivity contribution in [1.29, 1.82) is 0 Å². The molecule has 1 amide bonds. The van der Waals surface area contributed by atoms with E-state index in [-0.39, 0.29) is 5.91 Å². The minimum Gasteiger partial charge on any atom is -0.375 e. The van der Waals surface area contributed by atoms with Gasteiger partial charge in [0.2, 0.25) is 5.91 Å². The summed E-state index contributed by atoms with van der Waals surface area (Å²) in [6.45, 7) is 1.48. The Balaban J connectivity index is 1.61. The molecular formula is C21H18N6OS. The number of rotatable bonds is 5. The number of carbonyl (C=O) groups is 1. The zero-order chi connectivity index (χ0) is 20.2. The molecule has 0 saturated heterocycles. The van der Waals surface area contributed by atoms with Crippen molar-refractivity contribution < 1.29 is 4.79 Å². The first-order valence-corrected chi connectivity index (χ1v) is 9.69. The van der Waals surface area contributed by atoms with Crippen LogP contribution in [0.3, 0.4) is 0 Å². The van der Waals surface area contributed by atoms with Gasteiger partial charge in [-0.25, -0.2) is 9.97 Å². The van der Waals surface area contributed by atoms with E-state index in [1.807, 2.05) is 54.6 Å². The Hall–Kier alpha value is -3.78. The number of hydrogen-bond acceptors (Lipinski definition) is 7. The number of carbonyl (C=O) groups excluding carboxylic acids is 1. The normalized spacial score (nSPS) is 10.5. The lowest BCUT2D eigenvalue weighted by molar-refractivity contribution is -0.114. The van der Waals surface area contributed by atoms with Crippen molar-refractivity contribution in [3.63, 3.8) is 0 Å². The van der Waals surface area contributed by atoms with Crippen LogP contribution in [0.1, 0.15) is 6.92 Å². The molecule has 7 nitrogen and oxygen atoms in total. The second-order valence-electron chi connectivity index (χ2n) is 6.26. The molecule has 0 fully saturated rings. The van der Waals surface area contributed by atoms with Gasteiger partial charge < -0.3 is 16.4 Å². The van der Waals surface area contributed by atoms with E-state index in [0.717, 1.165) is 33.2 Å². The molecular weight excluding hydrogens is 384 g/mol. The van der Waals surface area contributed by atoms with E-state index in [9.17, 15) is 4.79 Å². The summed E-state index contributed by atoms with van der Waals surface area (Å²) in [4.78, 5) is 25.3. The Morgan fingerprint density at radius 2 is 1.79 bits per heavy atom. The summed E-state index contributed by atoms with van der Waals surface area (Å²) in [7, 11) is 0. The predicted octanol–water partition coefficient (Wildman–Crippen LogP) is 4.55. The van der Waals surface area contributed by atoms with E-state index in [4.69, 9.17) is 5.73 Å². The van der Waals surface area contributed by atoms with Crippen LogP contribution in [0.2, 0.25) is 0 Å². The average Bonchev–Trinajstić information content (AvgIpc) is 3.12. The Labute approximate surface area is 171 Å². The number of anilines is 4. The summed E-state index contributed by atoms with van der Waals surface area (Å²) in [6, 6.07) is 17.0. The molecule has 4 rings (SSSR count). The Bertz CT molecular complexity index is 1140. The average molecular weight is 402 g/mol. The third kappa shape index (κ3) is 4.39. The molecule has 0 spiro atoms. The highest BCUT2D eigenvalue weighted by Crippen LogP contribution is 2.37. The second-order valence-corrected chi connectivity index (χ2v) is 7.29. The maximum atomic E-state index is 11.1. The van der Waals surface area contributed by atoms with Crippen molar-refractivity contribution in [2.75, 3.05) is 16.4 Å². The van der Waals surface area contributed by atoms with Crippen molar-refractivity contribution in [3.8, 4) is 21.8 Å². The van der Waals surface area contributed by atoms with Gasteiger partial charge in [-0.2, -0.15) is 0 Å². The Kier molecular flexibility index (Phi) is 5.17. The van der Waals surface area contributed by atoms with Gasteiger partial charge in [0.15, 0.2) is 5.13 Å². The van der Waals surface area contributed by atoms with E-state index < -0.39 is 0 Å². The first kappa shape index (κ1) is 18.6. The van der Waals surface area contributed by atoms with Crippen molar-refractivity contribution in [2.45, 2.75) is 6.92 Å². The van der Waals surface area contributed by atoms with Crippen LogP contribution < -0.4 is 16.4 Å². The van der Waals surface area contributed by atoms with Gasteiger partial charge in [0.05, 0.1) is 10.6 Å². The second kappa shape index (κ2) is 8.07. The molecule has 144 valence electrons. The molecule has 0 aliphatic rings. The van der Waals surface area contributed by atoms with Gasteiger partial charge in [0.1, 0.15) is 11.5 Å². The largest absolute Gasteiger partial charge is 0.375 e. The molecule has 0 aliphatic heterocycles. The molecule has 8 heteroatoms. The molecule has 0 radical (unpaired) electrons. The van der Waals surface area contributed by atoms with Crippen LogP contribution in [0, 0.1) is 0 Å². The van der Waals surface area contributed by atoms with Crippen LogP contribution in [0.15, 0.2) is 67.0 Å². The highest BCUT2D eigenvalue weighted by molar-refractivity contribution is 7.19. The minimum atomic E-state index is -0.104. The van der Waals surface area contributed by atoms with Crippen LogP contribution in [-0.2, 0) is 4.79 Å². The molecule has 4 N–H and O–H groups in total. The fourth-order valence-corrected chi connectivity index (χ4v) is 3.67. The zero-order valence-electron chi connectivity index (χ0n) is 15.6. The molecule has 0 unspecified atom stereocenters. The Morgan fingerprint density at radius 3 is 2.52 bits per heavy atom. The standard InChI is InChI=1S/C21H18N6OS/c1-13(28)25-15-5-7-16(8-6-15)26-18-12-14(9-11-24-18)20-19(27-21(22)29-20)17-4-2-3-10-23-17/h2-12H,1H3,(H2,22,27)(H,24,26)(H,25,28). The molecule has 0 saturated carbocycles. The van der Waals surface area contributed by atoms with E-state index in [1.54, 1.807) is 12.4 Å². The summed E-state index contributed by atoms with van der Waals surface area (Å²) in [5, 5.41) is 6.51. The summed E-state index contributed by atoms with van der Waals surface area (Å²) < 4.78 is 0. The molecule has 0 bridgehead atoms. The van der Waals surface area contributed by atoms with Crippen LogP contribution in [0.5, 0.6) is 0 Å². The molecule has 3 heterocycles. The molecule has 4 aromatic rings. The number of benzene rings is 1. The lowest BCUT2D eigenvalue weighted by Gasteiger charge is -2.09. The number of nitrogens with one attached hydrogen (secondary N) is 2. The van der Waals surface area contributed by atoms with Gasteiger partial charge in [-0.05, 0) is 54.1 Å². The first-order chi connectivity index (χ1) is 14.1. The molecule has 0 atom stereocenters. The lowest BCUT2D eigenvalue weighted by atomic mass is 10.1. The van der Waals surface area contributed by atoms with Gasteiger partial charge in [-0.15, -0.1) is 0 Å². The lowest BCUT2D eigenvalue weighted by Crippen LogP contribution is -2.05. The zero-order valence-corrected chi connectivity index (χ0v) is 16.4. The maximum Gasteiger partial charge on any atom is 0.221 e. The fraction of sp³-hybridized carbons (Fsp3) is 0.0476. The van der Waals surface area contributed by atoms with Gasteiger partial charge in [-0.1, -0.05) is 17.4 Å². The molecule has 0 aliphatic carbocycles. The van der Waals surface area contributed by atoms with Crippen molar-refractivity contribution in [2.24, 2.45) is 0 Å². The number of hydrogen-bond donors (Lipinski definition) is 3. The predicted molar refractivity (Wildman–Crippen MR) is 117 cm³/mol. The monoisotopic (exact) mass is 402 g/mol. The number of nitrogens with zero attached hydrogens (tertiary/aromatic N) is 3. The van der Waals surface area contributed by atoms with E-state index in [2.05, 4.69) is 25.6 Å². The maximum absolute atomic E-state index is 11.1.